The average molecular weight is 332 g/mol. The lowest BCUT2D eigenvalue weighted by Crippen LogP contribution is -2.61. The summed E-state index contributed by atoms with van der Waals surface area (Å²) in [4.78, 5) is 11.1. The molecule has 3 unspecified atom stereocenters. The summed E-state index contributed by atoms with van der Waals surface area (Å²) in [5.74, 6) is -0.246. The molecule has 1 aliphatic carbocycles. The molecule has 0 aromatic rings. The van der Waals surface area contributed by atoms with Gasteiger partial charge in [0.1, 0.15) is 18.3 Å². The molecular formula is C16H28O7. The largest absolute Gasteiger partial charge is 0.479 e. The van der Waals surface area contributed by atoms with E-state index in [0.717, 1.165) is 19.3 Å². The van der Waals surface area contributed by atoms with Gasteiger partial charge in [-0.1, -0.05) is 27.2 Å². The van der Waals surface area contributed by atoms with E-state index in [1.54, 1.807) is 0 Å². The van der Waals surface area contributed by atoms with Gasteiger partial charge >= 0.3 is 5.97 Å². The molecule has 134 valence electrons. The molecule has 2 fully saturated rings. The Balaban J connectivity index is 2.11. The first-order chi connectivity index (χ1) is 10.7. The van der Waals surface area contributed by atoms with Gasteiger partial charge in [0.05, 0.1) is 6.10 Å². The van der Waals surface area contributed by atoms with Crippen LogP contribution in [0.1, 0.15) is 40.0 Å². The summed E-state index contributed by atoms with van der Waals surface area (Å²) >= 11 is 0. The number of hydrogen-bond donors (Lipinski definition) is 4. The maximum absolute atomic E-state index is 11.1. The Bertz CT molecular complexity index is 413. The zero-order valence-electron chi connectivity index (χ0n) is 13.8. The fourth-order valence-electron chi connectivity index (χ4n) is 3.61. The van der Waals surface area contributed by atoms with Gasteiger partial charge in [0, 0.05) is 0 Å². The van der Waals surface area contributed by atoms with Gasteiger partial charge in [0.2, 0.25) is 0 Å². The number of carboxylic acid groups (broad SMARTS) is 1. The monoisotopic (exact) mass is 332 g/mol. The van der Waals surface area contributed by atoms with Crippen LogP contribution in [-0.2, 0) is 14.3 Å². The van der Waals surface area contributed by atoms with Gasteiger partial charge in [-0.05, 0) is 30.6 Å². The van der Waals surface area contributed by atoms with Crippen LogP contribution >= 0.6 is 0 Å². The summed E-state index contributed by atoms with van der Waals surface area (Å²) in [6.07, 6.45) is -4.92. The Morgan fingerprint density at radius 2 is 1.78 bits per heavy atom. The van der Waals surface area contributed by atoms with E-state index in [0.29, 0.717) is 11.8 Å². The first kappa shape index (κ1) is 18.6. The van der Waals surface area contributed by atoms with Crippen molar-refractivity contribution >= 4 is 5.97 Å². The maximum Gasteiger partial charge on any atom is 0.335 e. The number of aliphatic hydroxyl groups is 3. The standard InChI is InChI=1S/C16H28O7/c1-7(2)9-5-4-8(3)6-10(9)22-16-13(19)11(17)12(18)14(23-16)15(20)21/h7-14,16-19H,4-6H2,1-3H3,(H,20,21)/t8?,9?,10?,11-,12-,13-,14+,16-/m0/s1. The molecule has 0 amide bonds. The van der Waals surface area contributed by atoms with Gasteiger partial charge in [0.25, 0.3) is 0 Å². The number of hydrogen-bond acceptors (Lipinski definition) is 6. The summed E-state index contributed by atoms with van der Waals surface area (Å²) in [7, 11) is 0. The van der Waals surface area contributed by atoms with Gasteiger partial charge in [-0.3, -0.25) is 0 Å². The second-order valence-electron chi connectivity index (χ2n) is 7.24. The fraction of sp³-hybridized carbons (Fsp3) is 0.938. The van der Waals surface area contributed by atoms with Gasteiger partial charge in [-0.15, -0.1) is 0 Å². The van der Waals surface area contributed by atoms with Crippen LogP contribution in [0.2, 0.25) is 0 Å². The molecule has 1 saturated heterocycles. The van der Waals surface area contributed by atoms with Crippen LogP contribution < -0.4 is 0 Å². The van der Waals surface area contributed by atoms with Crippen LogP contribution in [0.4, 0.5) is 0 Å². The van der Waals surface area contributed by atoms with Crippen molar-refractivity contribution < 1.29 is 34.7 Å². The molecule has 23 heavy (non-hydrogen) atoms. The van der Waals surface area contributed by atoms with Crippen LogP contribution in [0, 0.1) is 17.8 Å². The number of ether oxygens (including phenoxy) is 2. The third kappa shape index (κ3) is 4.03. The van der Waals surface area contributed by atoms with Crippen molar-refractivity contribution in [2.24, 2.45) is 17.8 Å². The first-order valence-electron chi connectivity index (χ1n) is 8.30. The zero-order chi connectivity index (χ0) is 17.3. The van der Waals surface area contributed by atoms with Crippen molar-refractivity contribution in [2.75, 3.05) is 0 Å². The minimum atomic E-state index is -1.69. The predicted octanol–water partition coefficient (Wildman–Crippen LogP) is 0.356. The molecule has 0 radical (unpaired) electrons. The molecule has 2 aliphatic rings. The van der Waals surface area contributed by atoms with Crippen molar-refractivity contribution in [1.29, 1.82) is 0 Å². The smallest absolute Gasteiger partial charge is 0.335 e. The maximum atomic E-state index is 11.1. The van der Waals surface area contributed by atoms with E-state index in [-0.39, 0.29) is 12.0 Å². The highest BCUT2D eigenvalue weighted by atomic mass is 16.7. The van der Waals surface area contributed by atoms with Gasteiger partial charge in [-0.2, -0.15) is 0 Å². The van der Waals surface area contributed by atoms with Crippen LogP contribution in [0.25, 0.3) is 0 Å². The molecule has 0 aromatic heterocycles. The summed E-state index contributed by atoms with van der Waals surface area (Å²) in [6, 6.07) is 0. The number of aliphatic carboxylic acids is 1. The molecular weight excluding hydrogens is 304 g/mol. The zero-order valence-corrected chi connectivity index (χ0v) is 13.8. The summed E-state index contributed by atoms with van der Waals surface area (Å²) < 4.78 is 11.1. The molecule has 1 heterocycles. The van der Waals surface area contributed by atoms with E-state index < -0.39 is 36.7 Å². The highest BCUT2D eigenvalue weighted by Crippen LogP contribution is 2.37. The van der Waals surface area contributed by atoms with Crippen molar-refractivity contribution in [2.45, 2.75) is 76.8 Å². The van der Waals surface area contributed by atoms with Gasteiger partial charge < -0.3 is 29.9 Å². The predicted molar refractivity (Wildman–Crippen MR) is 80.5 cm³/mol. The van der Waals surface area contributed by atoms with E-state index in [9.17, 15) is 20.1 Å². The van der Waals surface area contributed by atoms with E-state index in [1.807, 2.05) is 0 Å². The second-order valence-corrected chi connectivity index (χ2v) is 7.24. The molecule has 7 heteroatoms. The summed E-state index contributed by atoms with van der Waals surface area (Å²) in [5, 5.41) is 38.7. The van der Waals surface area contributed by atoms with E-state index in [1.165, 1.54) is 0 Å². The van der Waals surface area contributed by atoms with E-state index in [4.69, 9.17) is 14.6 Å². The molecule has 0 spiro atoms. The van der Waals surface area contributed by atoms with E-state index in [2.05, 4.69) is 20.8 Å². The number of rotatable bonds is 4. The Morgan fingerprint density at radius 3 is 2.35 bits per heavy atom. The molecule has 8 atom stereocenters. The number of aliphatic hydroxyl groups excluding tert-OH is 3. The van der Waals surface area contributed by atoms with Crippen LogP contribution in [0.5, 0.6) is 0 Å². The minimum Gasteiger partial charge on any atom is -0.479 e. The quantitative estimate of drug-likeness (QED) is 0.587. The fourth-order valence-corrected chi connectivity index (χ4v) is 3.61. The normalized spacial score (nSPS) is 45.2. The lowest BCUT2D eigenvalue weighted by Gasteiger charge is -2.43. The van der Waals surface area contributed by atoms with Crippen molar-refractivity contribution in [3.8, 4) is 0 Å². The Hall–Kier alpha value is -0.730. The lowest BCUT2D eigenvalue weighted by molar-refractivity contribution is -0.311. The first-order valence-corrected chi connectivity index (χ1v) is 8.30. The van der Waals surface area contributed by atoms with Crippen molar-refractivity contribution in [3.63, 3.8) is 0 Å². The number of carbonyl (C=O) groups is 1. The topological polar surface area (TPSA) is 116 Å². The van der Waals surface area contributed by atoms with Crippen molar-refractivity contribution in [1.82, 2.24) is 0 Å². The lowest BCUT2D eigenvalue weighted by atomic mass is 9.75. The third-order valence-electron chi connectivity index (χ3n) is 5.08. The minimum absolute atomic E-state index is 0.171. The Labute approximate surface area is 136 Å². The molecule has 0 bridgehead atoms. The average Bonchev–Trinajstić information content (AvgIpc) is 2.47. The van der Waals surface area contributed by atoms with Crippen molar-refractivity contribution in [3.05, 3.63) is 0 Å². The van der Waals surface area contributed by atoms with Crippen LogP contribution in [0.15, 0.2) is 0 Å². The summed E-state index contributed by atoms with van der Waals surface area (Å²) in [5.41, 5.74) is 0. The third-order valence-corrected chi connectivity index (χ3v) is 5.08. The molecule has 1 aliphatic heterocycles. The molecule has 1 saturated carbocycles. The van der Waals surface area contributed by atoms with Crippen LogP contribution in [-0.4, -0.2) is 63.2 Å². The SMILES string of the molecule is CC1CCC(C(C)C)C(O[C@H]2O[C@@H](C(=O)O)[C@@H](O)[C@H](O)[C@@H]2O)C1. The molecule has 2 rings (SSSR count). The van der Waals surface area contributed by atoms with E-state index >= 15 is 0 Å². The highest BCUT2D eigenvalue weighted by molar-refractivity contribution is 5.73. The van der Waals surface area contributed by atoms with Gasteiger partial charge in [-0.25, -0.2) is 4.79 Å². The number of carboxylic acids is 1. The highest BCUT2D eigenvalue weighted by Gasteiger charge is 2.48. The molecule has 4 N–H and O–H groups in total. The Kier molecular flexibility index (Phi) is 6.02. The van der Waals surface area contributed by atoms with Gasteiger partial charge in [0.15, 0.2) is 12.4 Å². The molecule has 0 aromatic carbocycles. The Morgan fingerprint density at radius 1 is 1.13 bits per heavy atom. The molecule has 7 nitrogen and oxygen atoms in total. The second kappa shape index (κ2) is 7.44. The summed E-state index contributed by atoms with van der Waals surface area (Å²) in [6.45, 7) is 6.34. The van der Waals surface area contributed by atoms with Crippen LogP contribution in [0.3, 0.4) is 0 Å².